The summed E-state index contributed by atoms with van der Waals surface area (Å²) in [4.78, 5) is 0. The average Bonchev–Trinajstić information content (AvgIpc) is 2.55. The van der Waals surface area contributed by atoms with Crippen molar-refractivity contribution in [2.24, 2.45) is 0 Å². The summed E-state index contributed by atoms with van der Waals surface area (Å²) in [7, 11) is 3.50. The molecule has 3 aromatic rings. The first-order chi connectivity index (χ1) is 10.5. The summed E-state index contributed by atoms with van der Waals surface area (Å²) in [6, 6.07) is 8.28. The van der Waals surface area contributed by atoms with E-state index in [1.54, 1.807) is 14.2 Å². The van der Waals surface area contributed by atoms with E-state index in [4.69, 9.17) is 9.47 Å². The minimum atomic E-state index is 0.940. The number of hydrogen-bond donors (Lipinski definition) is 0. The van der Waals surface area contributed by atoms with Crippen molar-refractivity contribution in [2.75, 3.05) is 14.2 Å². The molecule has 0 unspecified atom stereocenters. The maximum atomic E-state index is 5.82. The zero-order valence-corrected chi connectivity index (χ0v) is 14.1. The SMILES string of the molecule is COc1c2ccccc2c(OC)c2c(C)c(C)c(C)c(C)c12. The predicted octanol–water partition coefficient (Wildman–Crippen LogP) is 5.24. The van der Waals surface area contributed by atoms with E-state index < -0.39 is 0 Å². The number of hydrogen-bond acceptors (Lipinski definition) is 2. The van der Waals surface area contributed by atoms with Crippen LogP contribution < -0.4 is 9.47 Å². The van der Waals surface area contributed by atoms with E-state index in [0.29, 0.717) is 0 Å². The Kier molecular flexibility index (Phi) is 3.48. The molecule has 0 aliphatic heterocycles. The molecule has 0 saturated carbocycles. The molecule has 0 saturated heterocycles. The molecule has 114 valence electrons. The van der Waals surface area contributed by atoms with Gasteiger partial charge >= 0.3 is 0 Å². The molecule has 0 aromatic heterocycles. The quantitative estimate of drug-likeness (QED) is 0.601. The van der Waals surface area contributed by atoms with Crippen molar-refractivity contribution in [1.29, 1.82) is 0 Å². The largest absolute Gasteiger partial charge is 0.495 e. The molecule has 0 spiro atoms. The Morgan fingerprint density at radius 3 is 1.27 bits per heavy atom. The van der Waals surface area contributed by atoms with Gasteiger partial charge in [0, 0.05) is 21.5 Å². The molecular weight excluding hydrogens is 272 g/mol. The van der Waals surface area contributed by atoms with E-state index in [-0.39, 0.29) is 0 Å². The number of ether oxygens (including phenoxy) is 2. The minimum absolute atomic E-state index is 0.940. The minimum Gasteiger partial charge on any atom is -0.495 e. The second-order valence-corrected chi connectivity index (χ2v) is 5.86. The molecule has 0 amide bonds. The van der Waals surface area contributed by atoms with Gasteiger partial charge in [-0.1, -0.05) is 24.3 Å². The van der Waals surface area contributed by atoms with E-state index >= 15 is 0 Å². The molecule has 0 fully saturated rings. The molecule has 2 heteroatoms. The van der Waals surface area contributed by atoms with Gasteiger partial charge < -0.3 is 9.47 Å². The fourth-order valence-corrected chi connectivity index (χ4v) is 3.45. The highest BCUT2D eigenvalue weighted by Crippen LogP contribution is 2.46. The Morgan fingerprint density at radius 2 is 0.955 bits per heavy atom. The molecule has 2 nitrogen and oxygen atoms in total. The molecule has 0 radical (unpaired) electrons. The van der Waals surface area contributed by atoms with Gasteiger partial charge in [-0.25, -0.2) is 0 Å². The fraction of sp³-hybridized carbons (Fsp3) is 0.300. The van der Waals surface area contributed by atoms with Crippen molar-refractivity contribution >= 4 is 21.5 Å². The number of rotatable bonds is 2. The van der Waals surface area contributed by atoms with Gasteiger partial charge in [-0.3, -0.25) is 0 Å². The van der Waals surface area contributed by atoms with Crippen LogP contribution in [0.1, 0.15) is 22.3 Å². The van der Waals surface area contributed by atoms with Crippen LogP contribution in [0.25, 0.3) is 21.5 Å². The first kappa shape index (κ1) is 14.7. The van der Waals surface area contributed by atoms with Crippen LogP contribution >= 0.6 is 0 Å². The summed E-state index contributed by atoms with van der Waals surface area (Å²) in [6.07, 6.45) is 0. The highest BCUT2D eigenvalue weighted by atomic mass is 16.5. The number of fused-ring (bicyclic) bond motifs is 2. The molecule has 0 N–H and O–H groups in total. The summed E-state index contributed by atoms with van der Waals surface area (Å²) in [5.74, 6) is 1.88. The number of methoxy groups -OCH3 is 2. The van der Waals surface area contributed by atoms with E-state index in [9.17, 15) is 0 Å². The lowest BCUT2D eigenvalue weighted by atomic mass is 9.88. The van der Waals surface area contributed by atoms with E-state index in [0.717, 1.165) is 22.3 Å². The monoisotopic (exact) mass is 294 g/mol. The van der Waals surface area contributed by atoms with Crippen LogP contribution in [0.4, 0.5) is 0 Å². The number of benzene rings is 3. The predicted molar refractivity (Wildman–Crippen MR) is 93.5 cm³/mol. The third kappa shape index (κ3) is 1.80. The smallest absolute Gasteiger partial charge is 0.135 e. The Morgan fingerprint density at radius 1 is 0.591 bits per heavy atom. The van der Waals surface area contributed by atoms with Crippen LogP contribution in [0.15, 0.2) is 24.3 Å². The van der Waals surface area contributed by atoms with Gasteiger partial charge in [0.15, 0.2) is 0 Å². The van der Waals surface area contributed by atoms with Crippen molar-refractivity contribution in [2.45, 2.75) is 27.7 Å². The lowest BCUT2D eigenvalue weighted by molar-refractivity contribution is 0.417. The second-order valence-electron chi connectivity index (χ2n) is 5.86. The maximum Gasteiger partial charge on any atom is 0.135 e. The van der Waals surface area contributed by atoms with Crippen molar-refractivity contribution in [3.8, 4) is 11.5 Å². The lowest BCUT2D eigenvalue weighted by Crippen LogP contribution is -2.00. The Hall–Kier alpha value is -2.22. The van der Waals surface area contributed by atoms with Gasteiger partial charge in [-0.15, -0.1) is 0 Å². The molecule has 0 bridgehead atoms. The first-order valence-electron chi connectivity index (χ1n) is 7.55. The van der Waals surface area contributed by atoms with Crippen LogP contribution in [0, 0.1) is 27.7 Å². The maximum absolute atomic E-state index is 5.82. The van der Waals surface area contributed by atoms with E-state index in [1.165, 1.54) is 33.0 Å². The number of aryl methyl sites for hydroxylation is 2. The van der Waals surface area contributed by atoms with Crippen molar-refractivity contribution in [3.05, 3.63) is 46.5 Å². The van der Waals surface area contributed by atoms with Gasteiger partial charge in [0.2, 0.25) is 0 Å². The summed E-state index contributed by atoms with van der Waals surface area (Å²) >= 11 is 0. The topological polar surface area (TPSA) is 18.5 Å². The third-order valence-corrected chi connectivity index (χ3v) is 4.97. The van der Waals surface area contributed by atoms with Crippen molar-refractivity contribution in [1.82, 2.24) is 0 Å². The zero-order valence-electron chi connectivity index (χ0n) is 14.1. The van der Waals surface area contributed by atoms with E-state index in [2.05, 4.69) is 39.8 Å². The summed E-state index contributed by atoms with van der Waals surface area (Å²) in [5, 5.41) is 4.53. The van der Waals surface area contributed by atoms with Crippen LogP contribution in [0.3, 0.4) is 0 Å². The lowest BCUT2D eigenvalue weighted by Gasteiger charge is -2.21. The van der Waals surface area contributed by atoms with Crippen LogP contribution in [-0.2, 0) is 0 Å². The highest BCUT2D eigenvalue weighted by Gasteiger charge is 2.20. The molecule has 0 heterocycles. The first-order valence-corrected chi connectivity index (χ1v) is 7.55. The Labute approximate surface area is 131 Å². The van der Waals surface area contributed by atoms with Gasteiger partial charge in [-0.2, -0.15) is 0 Å². The zero-order chi connectivity index (χ0) is 16.0. The fourth-order valence-electron chi connectivity index (χ4n) is 3.45. The van der Waals surface area contributed by atoms with Crippen LogP contribution in [0.2, 0.25) is 0 Å². The van der Waals surface area contributed by atoms with Crippen molar-refractivity contribution in [3.63, 3.8) is 0 Å². The summed E-state index contributed by atoms with van der Waals surface area (Å²) < 4.78 is 11.6. The molecule has 0 atom stereocenters. The summed E-state index contributed by atoms with van der Waals surface area (Å²) in [6.45, 7) is 8.69. The van der Waals surface area contributed by atoms with Gasteiger partial charge in [-0.05, 0) is 49.9 Å². The van der Waals surface area contributed by atoms with Gasteiger partial charge in [0.1, 0.15) is 11.5 Å². The molecular formula is C20H22O2. The van der Waals surface area contributed by atoms with Gasteiger partial charge in [0.25, 0.3) is 0 Å². The van der Waals surface area contributed by atoms with E-state index in [1.807, 2.05) is 12.1 Å². The van der Waals surface area contributed by atoms with Crippen LogP contribution in [-0.4, -0.2) is 14.2 Å². The standard InChI is InChI=1S/C20H22O2/c1-11-12(2)14(4)18-17(13(11)3)19(21-5)15-9-7-8-10-16(15)20(18)22-6/h7-10H,1-6H3. The Balaban J connectivity index is 2.74. The van der Waals surface area contributed by atoms with Crippen LogP contribution in [0.5, 0.6) is 11.5 Å². The molecule has 3 rings (SSSR count). The average molecular weight is 294 g/mol. The van der Waals surface area contributed by atoms with Crippen molar-refractivity contribution < 1.29 is 9.47 Å². The Bertz CT molecular complexity index is 818. The molecule has 0 aliphatic carbocycles. The second kappa shape index (κ2) is 5.20. The highest BCUT2D eigenvalue weighted by molar-refractivity contribution is 6.13. The normalized spacial score (nSPS) is 11.2. The third-order valence-electron chi connectivity index (χ3n) is 4.97. The molecule has 22 heavy (non-hydrogen) atoms. The van der Waals surface area contributed by atoms with Gasteiger partial charge in [0.05, 0.1) is 14.2 Å². The summed E-state index contributed by atoms with van der Waals surface area (Å²) in [5.41, 5.74) is 5.17. The molecule has 0 aliphatic rings. The molecule has 3 aromatic carbocycles.